The summed E-state index contributed by atoms with van der Waals surface area (Å²) in [5, 5.41) is 5.38. The molecule has 7 nitrogen and oxygen atoms in total. The second kappa shape index (κ2) is 5.30. The van der Waals surface area contributed by atoms with E-state index in [0.29, 0.717) is 16.3 Å². The van der Waals surface area contributed by atoms with Crippen LogP contribution in [0.3, 0.4) is 0 Å². The van der Waals surface area contributed by atoms with Crippen molar-refractivity contribution in [1.29, 1.82) is 0 Å². The van der Waals surface area contributed by atoms with E-state index >= 15 is 0 Å². The van der Waals surface area contributed by atoms with E-state index in [1.807, 2.05) is 0 Å². The molecule has 0 fully saturated rings. The molecule has 0 aliphatic rings. The van der Waals surface area contributed by atoms with Gasteiger partial charge in [-0.3, -0.25) is 9.89 Å². The Bertz CT molecular complexity index is 727. The molecule has 0 aliphatic heterocycles. The summed E-state index contributed by atoms with van der Waals surface area (Å²) in [6, 6.07) is 5.04. The zero-order valence-electron chi connectivity index (χ0n) is 10.6. The molecule has 0 unspecified atom stereocenters. The van der Waals surface area contributed by atoms with Gasteiger partial charge in [-0.1, -0.05) is 23.7 Å². The first-order valence-corrected chi connectivity index (χ1v) is 5.91. The van der Waals surface area contributed by atoms with Gasteiger partial charge in [-0.2, -0.15) is 0 Å². The zero-order chi connectivity index (χ0) is 14.9. The van der Waals surface area contributed by atoms with E-state index in [1.54, 1.807) is 25.1 Å². The third-order valence-corrected chi connectivity index (χ3v) is 3.06. The van der Waals surface area contributed by atoms with Gasteiger partial charge in [0.1, 0.15) is 0 Å². The van der Waals surface area contributed by atoms with Crippen LogP contribution in [0.2, 0.25) is 5.02 Å². The predicted molar refractivity (Wildman–Crippen MR) is 72.9 cm³/mol. The number of carbonyl (C=O) groups excluding carboxylic acids is 1. The molecule has 2 aromatic rings. The Kier molecular flexibility index (Phi) is 3.71. The Hall–Kier alpha value is -2.41. The number of nitrogens with one attached hydrogen (secondary N) is 1. The van der Waals surface area contributed by atoms with Crippen molar-refractivity contribution in [3.05, 3.63) is 49.7 Å². The Morgan fingerprint density at radius 2 is 2.15 bits per heavy atom. The Morgan fingerprint density at radius 1 is 1.45 bits per heavy atom. The number of esters is 1. The minimum absolute atomic E-state index is 0.294. The van der Waals surface area contributed by atoms with Gasteiger partial charge in [-0.05, 0) is 23.7 Å². The number of methoxy groups -OCH3 is 1. The molecule has 1 aromatic heterocycles. The first-order valence-electron chi connectivity index (χ1n) is 5.53. The molecule has 0 aliphatic carbocycles. The SMILES string of the molecule is COC(=O)c1[nH]n(-c2c(C)cccc2Cl)c(=O)c1N=O. The fourth-order valence-corrected chi connectivity index (χ4v) is 2.13. The number of halogens is 1. The van der Waals surface area contributed by atoms with Crippen LogP contribution in [0.4, 0.5) is 5.69 Å². The van der Waals surface area contributed by atoms with Crippen LogP contribution in [-0.4, -0.2) is 22.9 Å². The molecule has 0 amide bonds. The molecular formula is C12H10ClN3O4. The summed E-state index contributed by atoms with van der Waals surface area (Å²) in [6.07, 6.45) is 0. The standard InChI is InChI=1S/C12H10ClN3O4/c1-6-4-3-5-7(13)10(6)16-11(17)8(15-19)9(14-16)12(18)20-2/h3-5,14H,1-2H3. The van der Waals surface area contributed by atoms with E-state index in [2.05, 4.69) is 15.0 Å². The second-order valence-corrected chi connectivity index (χ2v) is 4.37. The summed E-state index contributed by atoms with van der Waals surface area (Å²) < 4.78 is 5.49. The van der Waals surface area contributed by atoms with Gasteiger partial charge < -0.3 is 4.74 Å². The van der Waals surface area contributed by atoms with Crippen LogP contribution in [0.15, 0.2) is 28.2 Å². The van der Waals surface area contributed by atoms with E-state index in [9.17, 15) is 14.5 Å². The molecular weight excluding hydrogens is 286 g/mol. The van der Waals surface area contributed by atoms with Crippen molar-refractivity contribution in [3.63, 3.8) is 0 Å². The highest BCUT2D eigenvalue weighted by atomic mass is 35.5. The number of benzene rings is 1. The summed E-state index contributed by atoms with van der Waals surface area (Å²) >= 11 is 6.05. The quantitative estimate of drug-likeness (QED) is 0.694. The average molecular weight is 296 g/mol. The van der Waals surface area contributed by atoms with E-state index in [1.165, 1.54) is 0 Å². The molecule has 104 valence electrons. The molecule has 0 radical (unpaired) electrons. The molecule has 0 atom stereocenters. The van der Waals surface area contributed by atoms with Crippen molar-refractivity contribution in [1.82, 2.24) is 9.78 Å². The van der Waals surface area contributed by atoms with E-state index in [0.717, 1.165) is 11.8 Å². The van der Waals surface area contributed by atoms with Crippen LogP contribution in [0.5, 0.6) is 0 Å². The molecule has 0 spiro atoms. The van der Waals surface area contributed by atoms with Crippen molar-refractivity contribution >= 4 is 23.3 Å². The smallest absolute Gasteiger partial charge is 0.358 e. The summed E-state index contributed by atoms with van der Waals surface area (Å²) in [7, 11) is 1.13. The molecule has 2 rings (SSSR count). The number of hydrogen-bond acceptors (Lipinski definition) is 5. The number of aromatic amines is 1. The molecule has 0 saturated heterocycles. The normalized spacial score (nSPS) is 10.3. The van der Waals surface area contributed by atoms with Crippen LogP contribution in [0, 0.1) is 11.8 Å². The van der Waals surface area contributed by atoms with Gasteiger partial charge in [0.25, 0.3) is 0 Å². The van der Waals surface area contributed by atoms with Crippen molar-refractivity contribution < 1.29 is 9.53 Å². The van der Waals surface area contributed by atoms with Crippen molar-refractivity contribution in [3.8, 4) is 5.69 Å². The first kappa shape index (κ1) is 14.0. The van der Waals surface area contributed by atoms with Crippen LogP contribution in [0.1, 0.15) is 16.1 Å². The van der Waals surface area contributed by atoms with Gasteiger partial charge in [0, 0.05) is 0 Å². The highest BCUT2D eigenvalue weighted by Crippen LogP contribution is 2.24. The highest BCUT2D eigenvalue weighted by Gasteiger charge is 2.23. The number of carbonyl (C=O) groups is 1. The lowest BCUT2D eigenvalue weighted by Crippen LogP contribution is -2.15. The third-order valence-electron chi connectivity index (χ3n) is 2.76. The minimum atomic E-state index is -0.861. The van der Waals surface area contributed by atoms with Gasteiger partial charge in [0.15, 0.2) is 5.69 Å². The lowest BCUT2D eigenvalue weighted by molar-refractivity contribution is 0.0594. The number of nitrogens with zero attached hydrogens (tertiary/aromatic N) is 2. The number of nitroso groups, excluding NO2 is 1. The van der Waals surface area contributed by atoms with Crippen LogP contribution < -0.4 is 5.56 Å². The average Bonchev–Trinajstić information content (AvgIpc) is 2.75. The molecule has 1 aromatic carbocycles. The van der Waals surface area contributed by atoms with Crippen molar-refractivity contribution in [2.45, 2.75) is 6.92 Å². The molecule has 1 heterocycles. The summed E-state index contributed by atoms with van der Waals surface area (Å²) in [6.45, 7) is 1.74. The summed E-state index contributed by atoms with van der Waals surface area (Å²) in [5.41, 5.74) is -0.589. The highest BCUT2D eigenvalue weighted by molar-refractivity contribution is 6.32. The van der Waals surface area contributed by atoms with Crippen molar-refractivity contribution in [2.75, 3.05) is 7.11 Å². The van der Waals surface area contributed by atoms with Gasteiger partial charge >= 0.3 is 11.5 Å². The molecule has 0 saturated carbocycles. The van der Waals surface area contributed by atoms with Gasteiger partial charge in [-0.25, -0.2) is 9.48 Å². The van der Waals surface area contributed by atoms with E-state index in [-0.39, 0.29) is 5.69 Å². The number of ether oxygens (including phenoxy) is 1. The lowest BCUT2D eigenvalue weighted by Gasteiger charge is -2.07. The maximum Gasteiger partial charge on any atom is 0.358 e. The van der Waals surface area contributed by atoms with Crippen molar-refractivity contribution in [2.24, 2.45) is 5.18 Å². The topological polar surface area (TPSA) is 93.5 Å². The van der Waals surface area contributed by atoms with Gasteiger partial charge in [0.2, 0.25) is 5.69 Å². The van der Waals surface area contributed by atoms with E-state index in [4.69, 9.17) is 11.6 Å². The number of aromatic nitrogens is 2. The largest absolute Gasteiger partial charge is 0.464 e. The number of rotatable bonds is 3. The fourth-order valence-electron chi connectivity index (χ4n) is 1.82. The molecule has 8 heteroatoms. The molecule has 0 bridgehead atoms. The fraction of sp³-hybridized carbons (Fsp3) is 0.167. The van der Waals surface area contributed by atoms with Crippen LogP contribution in [-0.2, 0) is 4.74 Å². The summed E-state index contributed by atoms with van der Waals surface area (Å²) in [5.74, 6) is -0.861. The minimum Gasteiger partial charge on any atom is -0.464 e. The maximum absolute atomic E-state index is 12.1. The third kappa shape index (κ3) is 2.12. The number of aryl methyl sites for hydroxylation is 1. The number of para-hydroxylation sites is 1. The first-order chi connectivity index (χ1) is 9.51. The van der Waals surface area contributed by atoms with Crippen LogP contribution >= 0.6 is 11.6 Å². The van der Waals surface area contributed by atoms with E-state index < -0.39 is 17.2 Å². The Morgan fingerprint density at radius 3 is 2.70 bits per heavy atom. The number of hydrogen-bond donors (Lipinski definition) is 1. The zero-order valence-corrected chi connectivity index (χ0v) is 11.4. The Balaban J connectivity index is 2.77. The predicted octanol–water partition coefficient (Wildman–Crippen LogP) is 2.31. The van der Waals surface area contributed by atoms with Gasteiger partial charge in [-0.15, -0.1) is 4.91 Å². The monoisotopic (exact) mass is 295 g/mol. The Labute approximate surface area is 118 Å². The lowest BCUT2D eigenvalue weighted by atomic mass is 10.2. The molecule has 1 N–H and O–H groups in total. The van der Waals surface area contributed by atoms with Crippen LogP contribution in [0.25, 0.3) is 5.69 Å². The van der Waals surface area contributed by atoms with Gasteiger partial charge in [0.05, 0.1) is 17.8 Å². The maximum atomic E-state index is 12.1. The second-order valence-electron chi connectivity index (χ2n) is 3.96. The molecule has 20 heavy (non-hydrogen) atoms. The summed E-state index contributed by atoms with van der Waals surface area (Å²) in [4.78, 5) is 34.4. The number of H-pyrrole nitrogens is 1.